The minimum Gasteiger partial charge on any atom is -0.468 e. The number of carbonyl (C=O) groups excluding carboxylic acids is 1. The van der Waals surface area contributed by atoms with Crippen LogP contribution >= 0.6 is 0 Å². The number of ether oxygens (including phenoxy) is 1. The number of aliphatic hydroxyl groups is 1. The third kappa shape index (κ3) is 3.11. The van der Waals surface area contributed by atoms with E-state index in [4.69, 9.17) is 4.74 Å². The minimum absolute atomic E-state index is 0.283. The maximum atomic E-state index is 11.7. The number of hydrogen-bond acceptors (Lipinski definition) is 5. The van der Waals surface area contributed by atoms with Crippen LogP contribution in [0.2, 0.25) is 0 Å². The Labute approximate surface area is 113 Å². The molecule has 1 saturated heterocycles. The highest BCUT2D eigenvalue weighted by atomic mass is 16.5. The molecule has 2 rings (SSSR count). The average Bonchev–Trinajstić information content (AvgIpc) is 2.73. The molecule has 0 radical (unpaired) electrons. The molecule has 1 aromatic rings. The summed E-state index contributed by atoms with van der Waals surface area (Å²) in [5.74, 6) is -0.283. The lowest BCUT2D eigenvalue weighted by Crippen LogP contribution is -2.36. The van der Waals surface area contributed by atoms with E-state index in [2.05, 4.69) is 4.98 Å². The Morgan fingerprint density at radius 1 is 1.53 bits per heavy atom. The maximum Gasteiger partial charge on any atom is 0.323 e. The third-order valence-electron chi connectivity index (χ3n) is 3.56. The van der Waals surface area contributed by atoms with Gasteiger partial charge in [-0.2, -0.15) is 0 Å². The molecule has 1 fully saturated rings. The van der Waals surface area contributed by atoms with Crippen molar-refractivity contribution in [3.05, 3.63) is 29.1 Å². The Hall–Kier alpha value is -1.46. The number of β-amino-alcohol motifs (C(OH)–C–C–N with tert-alkyl or cyclic N) is 1. The lowest BCUT2D eigenvalue weighted by atomic mass is 10.1. The van der Waals surface area contributed by atoms with Crippen molar-refractivity contribution in [3.8, 4) is 0 Å². The number of likely N-dealkylation sites (tertiary alicyclic amines) is 1. The molecule has 0 saturated carbocycles. The number of carbonyl (C=O) groups is 1. The van der Waals surface area contributed by atoms with Crippen LogP contribution < -0.4 is 0 Å². The second kappa shape index (κ2) is 5.67. The SMILES string of the molecule is COC(=O)[C@@H]1C[C@@H](O)CN1Cc1ccc(C)nc1C. The molecule has 1 aromatic heterocycles. The standard InChI is InChI=1S/C14H20N2O3/c1-9-4-5-11(10(2)15-9)7-16-8-12(17)6-13(16)14(18)19-3/h4-5,12-13,17H,6-8H2,1-3H3/t12-,13+/m1/s1. The molecule has 0 unspecified atom stereocenters. The second-order valence-electron chi connectivity index (χ2n) is 5.06. The number of aromatic nitrogens is 1. The van der Waals surface area contributed by atoms with Crippen LogP contribution in [0.15, 0.2) is 12.1 Å². The van der Waals surface area contributed by atoms with Crippen molar-refractivity contribution in [2.45, 2.75) is 39.0 Å². The summed E-state index contributed by atoms with van der Waals surface area (Å²) in [4.78, 5) is 18.1. The molecule has 0 spiro atoms. The van der Waals surface area contributed by atoms with Crippen molar-refractivity contribution < 1.29 is 14.6 Å². The van der Waals surface area contributed by atoms with Gasteiger partial charge in [0.25, 0.3) is 0 Å². The van der Waals surface area contributed by atoms with E-state index in [1.54, 1.807) is 0 Å². The predicted octanol–water partition coefficient (Wildman–Crippen LogP) is 0.807. The minimum atomic E-state index is -0.470. The third-order valence-corrected chi connectivity index (χ3v) is 3.56. The fraction of sp³-hybridized carbons (Fsp3) is 0.571. The van der Waals surface area contributed by atoms with Gasteiger partial charge in [0.2, 0.25) is 0 Å². The molecule has 1 aliphatic rings. The molecule has 1 N–H and O–H groups in total. The molecule has 5 heteroatoms. The fourth-order valence-electron chi connectivity index (χ4n) is 2.54. The van der Waals surface area contributed by atoms with Crippen molar-refractivity contribution in [1.82, 2.24) is 9.88 Å². The highest BCUT2D eigenvalue weighted by Gasteiger charge is 2.36. The van der Waals surface area contributed by atoms with Crippen LogP contribution in [0, 0.1) is 13.8 Å². The number of aliphatic hydroxyl groups excluding tert-OH is 1. The summed E-state index contributed by atoms with van der Waals surface area (Å²) < 4.78 is 4.79. The average molecular weight is 264 g/mol. The van der Waals surface area contributed by atoms with Gasteiger partial charge in [0, 0.05) is 30.9 Å². The van der Waals surface area contributed by atoms with Gasteiger partial charge in [-0.15, -0.1) is 0 Å². The molecule has 5 nitrogen and oxygen atoms in total. The summed E-state index contributed by atoms with van der Waals surface area (Å²) >= 11 is 0. The van der Waals surface area contributed by atoms with Crippen molar-refractivity contribution in [1.29, 1.82) is 0 Å². The number of rotatable bonds is 3. The van der Waals surface area contributed by atoms with Gasteiger partial charge < -0.3 is 9.84 Å². The van der Waals surface area contributed by atoms with Gasteiger partial charge in [-0.3, -0.25) is 14.7 Å². The van der Waals surface area contributed by atoms with Crippen LogP contribution in [0.5, 0.6) is 0 Å². The van der Waals surface area contributed by atoms with E-state index >= 15 is 0 Å². The monoisotopic (exact) mass is 264 g/mol. The molecular weight excluding hydrogens is 244 g/mol. The van der Waals surface area contributed by atoms with E-state index in [0.717, 1.165) is 17.0 Å². The molecule has 0 amide bonds. The zero-order valence-electron chi connectivity index (χ0n) is 11.6. The van der Waals surface area contributed by atoms with E-state index in [9.17, 15) is 9.90 Å². The summed E-state index contributed by atoms with van der Waals surface area (Å²) in [6.07, 6.45) is -0.0341. The number of methoxy groups -OCH3 is 1. The predicted molar refractivity (Wildman–Crippen MR) is 70.5 cm³/mol. The summed E-state index contributed by atoms with van der Waals surface area (Å²) in [6.45, 7) is 5.01. The van der Waals surface area contributed by atoms with Gasteiger partial charge in [0.05, 0.1) is 13.2 Å². The number of pyridine rings is 1. The Kier molecular flexibility index (Phi) is 4.17. The first-order valence-electron chi connectivity index (χ1n) is 6.44. The van der Waals surface area contributed by atoms with E-state index in [1.807, 2.05) is 30.9 Å². The largest absolute Gasteiger partial charge is 0.468 e. The van der Waals surface area contributed by atoms with Gasteiger partial charge in [-0.1, -0.05) is 6.07 Å². The van der Waals surface area contributed by atoms with E-state index in [-0.39, 0.29) is 12.0 Å². The molecule has 104 valence electrons. The highest BCUT2D eigenvalue weighted by Crippen LogP contribution is 2.22. The molecule has 2 heterocycles. The Morgan fingerprint density at radius 2 is 2.26 bits per heavy atom. The van der Waals surface area contributed by atoms with Gasteiger partial charge in [0.1, 0.15) is 6.04 Å². The molecule has 1 aliphatic heterocycles. The highest BCUT2D eigenvalue weighted by molar-refractivity contribution is 5.76. The van der Waals surface area contributed by atoms with Crippen LogP contribution in [0.4, 0.5) is 0 Å². The lowest BCUT2D eigenvalue weighted by molar-refractivity contribution is -0.146. The zero-order valence-corrected chi connectivity index (χ0v) is 11.6. The van der Waals surface area contributed by atoms with Crippen molar-refractivity contribution in [3.63, 3.8) is 0 Å². The smallest absolute Gasteiger partial charge is 0.323 e. The van der Waals surface area contributed by atoms with Gasteiger partial charge >= 0.3 is 5.97 Å². The fourth-order valence-corrected chi connectivity index (χ4v) is 2.54. The summed E-state index contributed by atoms with van der Waals surface area (Å²) in [5, 5.41) is 9.74. The van der Waals surface area contributed by atoms with Gasteiger partial charge in [-0.25, -0.2) is 0 Å². The van der Waals surface area contributed by atoms with Crippen LogP contribution in [0.3, 0.4) is 0 Å². The number of nitrogens with zero attached hydrogens (tertiary/aromatic N) is 2. The first kappa shape index (κ1) is 14.0. The van der Waals surface area contributed by atoms with Crippen LogP contribution in [0.25, 0.3) is 0 Å². The first-order valence-corrected chi connectivity index (χ1v) is 6.44. The molecule has 0 aromatic carbocycles. The normalized spacial score (nSPS) is 23.6. The van der Waals surface area contributed by atoms with Crippen LogP contribution in [-0.2, 0) is 16.1 Å². The zero-order chi connectivity index (χ0) is 14.0. The van der Waals surface area contributed by atoms with E-state index in [1.165, 1.54) is 7.11 Å². The van der Waals surface area contributed by atoms with E-state index in [0.29, 0.717) is 19.5 Å². The lowest BCUT2D eigenvalue weighted by Gasteiger charge is -2.22. The summed E-state index contributed by atoms with van der Waals surface area (Å²) in [5.41, 5.74) is 3.02. The molecule has 0 aliphatic carbocycles. The molecule has 0 bridgehead atoms. The van der Waals surface area contributed by atoms with Crippen molar-refractivity contribution >= 4 is 5.97 Å². The van der Waals surface area contributed by atoms with Gasteiger partial charge in [-0.05, 0) is 25.5 Å². The molecular formula is C14H20N2O3. The number of esters is 1. The van der Waals surface area contributed by atoms with E-state index < -0.39 is 6.10 Å². The molecule has 19 heavy (non-hydrogen) atoms. The van der Waals surface area contributed by atoms with Gasteiger partial charge in [0.15, 0.2) is 0 Å². The summed E-state index contributed by atoms with van der Waals surface area (Å²) in [6, 6.07) is 3.62. The Bertz CT molecular complexity index is 476. The first-order chi connectivity index (χ1) is 9.01. The van der Waals surface area contributed by atoms with Crippen molar-refractivity contribution in [2.75, 3.05) is 13.7 Å². The molecule has 2 atom stereocenters. The summed E-state index contributed by atoms with van der Waals surface area (Å²) in [7, 11) is 1.38. The van der Waals surface area contributed by atoms with Crippen LogP contribution in [0.1, 0.15) is 23.4 Å². The van der Waals surface area contributed by atoms with Crippen LogP contribution in [-0.4, -0.2) is 46.8 Å². The Morgan fingerprint density at radius 3 is 2.89 bits per heavy atom. The number of hydrogen-bond donors (Lipinski definition) is 1. The Balaban J connectivity index is 2.14. The van der Waals surface area contributed by atoms with Crippen molar-refractivity contribution in [2.24, 2.45) is 0 Å². The quantitative estimate of drug-likeness (QED) is 0.818. The number of aryl methyl sites for hydroxylation is 2. The maximum absolute atomic E-state index is 11.7. The second-order valence-corrected chi connectivity index (χ2v) is 5.06. The topological polar surface area (TPSA) is 62.7 Å².